The van der Waals surface area contributed by atoms with Crippen molar-refractivity contribution in [2.75, 3.05) is 0 Å². The van der Waals surface area contributed by atoms with Crippen LogP contribution in [0.15, 0.2) is 36.4 Å². The van der Waals surface area contributed by atoms with E-state index >= 15 is 0 Å². The quantitative estimate of drug-likeness (QED) is 0.507. The van der Waals surface area contributed by atoms with Crippen LogP contribution in [0, 0.1) is 18.8 Å². The summed E-state index contributed by atoms with van der Waals surface area (Å²) in [5, 5.41) is 0. The summed E-state index contributed by atoms with van der Waals surface area (Å²) in [6.45, 7) is 7.69. The zero-order valence-corrected chi connectivity index (χ0v) is 7.52. The van der Waals surface area contributed by atoms with Crippen molar-refractivity contribution in [3.8, 4) is 11.8 Å². The minimum absolute atomic E-state index is 0.900. The second-order valence-electron chi connectivity index (χ2n) is 2.90. The van der Waals surface area contributed by atoms with Crippen LogP contribution in [0.1, 0.15) is 18.1 Å². The van der Waals surface area contributed by atoms with Crippen molar-refractivity contribution in [2.24, 2.45) is 0 Å². The summed E-state index contributed by atoms with van der Waals surface area (Å²) in [5.41, 5.74) is 3.19. The third-order valence-electron chi connectivity index (χ3n) is 1.44. The minimum Gasteiger partial charge on any atom is -0.0877 e. The first-order chi connectivity index (χ1) is 5.68. The topological polar surface area (TPSA) is 0 Å². The highest BCUT2D eigenvalue weighted by molar-refractivity contribution is 5.40. The van der Waals surface area contributed by atoms with Gasteiger partial charge in [-0.05, 0) is 37.1 Å². The van der Waals surface area contributed by atoms with Crippen LogP contribution < -0.4 is 0 Å². The predicted octanol–water partition coefficient (Wildman–Crippen LogP) is 2.92. The van der Waals surface area contributed by atoms with Crippen molar-refractivity contribution < 1.29 is 0 Å². The number of rotatable bonds is 0. The Morgan fingerprint density at radius 3 is 2.75 bits per heavy atom. The van der Waals surface area contributed by atoms with Crippen LogP contribution in [-0.2, 0) is 0 Å². The van der Waals surface area contributed by atoms with E-state index in [4.69, 9.17) is 0 Å². The molecular weight excluding hydrogens is 144 g/mol. The van der Waals surface area contributed by atoms with Gasteiger partial charge in [-0.25, -0.2) is 0 Å². The lowest BCUT2D eigenvalue weighted by atomic mass is 10.1. The fourth-order valence-electron chi connectivity index (χ4n) is 0.902. The highest BCUT2D eigenvalue weighted by atomic mass is 13.9. The summed E-state index contributed by atoms with van der Waals surface area (Å²) in [4.78, 5) is 0. The second-order valence-corrected chi connectivity index (χ2v) is 2.90. The van der Waals surface area contributed by atoms with Crippen LogP contribution in [0.2, 0.25) is 0 Å². The Labute approximate surface area is 73.9 Å². The predicted molar refractivity (Wildman–Crippen MR) is 52.9 cm³/mol. The maximum atomic E-state index is 3.72. The Morgan fingerprint density at radius 1 is 1.42 bits per heavy atom. The van der Waals surface area contributed by atoms with Gasteiger partial charge in [0, 0.05) is 5.56 Å². The molecule has 1 aromatic carbocycles. The highest BCUT2D eigenvalue weighted by Crippen LogP contribution is 2.01. The van der Waals surface area contributed by atoms with E-state index in [-0.39, 0.29) is 0 Å². The molecule has 1 aromatic rings. The molecule has 0 spiro atoms. The van der Waals surface area contributed by atoms with Gasteiger partial charge in [-0.3, -0.25) is 0 Å². The van der Waals surface area contributed by atoms with Gasteiger partial charge in [0.25, 0.3) is 0 Å². The molecule has 0 N–H and O–H groups in total. The van der Waals surface area contributed by atoms with E-state index in [1.165, 1.54) is 5.56 Å². The average molecular weight is 156 g/mol. The zero-order valence-electron chi connectivity index (χ0n) is 7.52. The molecule has 0 nitrogen and oxygen atoms in total. The summed E-state index contributed by atoms with van der Waals surface area (Å²) in [6, 6.07) is 8.14. The Balaban J connectivity index is 2.92. The van der Waals surface area contributed by atoms with E-state index < -0.39 is 0 Å². The molecule has 0 aliphatic heterocycles. The van der Waals surface area contributed by atoms with Gasteiger partial charge in [0.2, 0.25) is 0 Å². The third-order valence-corrected chi connectivity index (χ3v) is 1.44. The third kappa shape index (κ3) is 2.64. The van der Waals surface area contributed by atoms with E-state index in [0.717, 1.165) is 11.1 Å². The first-order valence-electron chi connectivity index (χ1n) is 3.92. The molecule has 0 radical (unpaired) electrons. The summed E-state index contributed by atoms with van der Waals surface area (Å²) >= 11 is 0. The molecular formula is C12H12. The fourth-order valence-corrected chi connectivity index (χ4v) is 0.902. The normalized spacial score (nSPS) is 8.50. The van der Waals surface area contributed by atoms with Crippen molar-refractivity contribution in [1.82, 2.24) is 0 Å². The molecule has 0 amide bonds. The molecule has 0 fully saturated rings. The maximum Gasteiger partial charge on any atom is 0.0251 e. The first kappa shape index (κ1) is 8.62. The standard InChI is InChI=1S/C12H12/c1-10(2)7-8-12-6-4-5-11(3)9-12/h4-6,9H,1H2,2-3H3. The van der Waals surface area contributed by atoms with Crippen molar-refractivity contribution in [3.05, 3.63) is 47.5 Å². The van der Waals surface area contributed by atoms with Crippen LogP contribution in [0.3, 0.4) is 0 Å². The number of benzene rings is 1. The van der Waals surface area contributed by atoms with Crippen LogP contribution in [-0.4, -0.2) is 0 Å². The first-order valence-corrected chi connectivity index (χ1v) is 3.92. The molecule has 0 saturated heterocycles. The summed E-state index contributed by atoms with van der Waals surface area (Å²) < 4.78 is 0. The molecule has 0 bridgehead atoms. The van der Waals surface area contributed by atoms with Crippen molar-refractivity contribution in [1.29, 1.82) is 0 Å². The smallest absolute Gasteiger partial charge is 0.0251 e. The zero-order chi connectivity index (χ0) is 8.97. The van der Waals surface area contributed by atoms with Crippen molar-refractivity contribution in [2.45, 2.75) is 13.8 Å². The summed E-state index contributed by atoms with van der Waals surface area (Å²) in [7, 11) is 0. The lowest BCUT2D eigenvalue weighted by Crippen LogP contribution is -1.75. The van der Waals surface area contributed by atoms with Gasteiger partial charge in [0.1, 0.15) is 0 Å². The molecule has 0 aliphatic carbocycles. The molecule has 1 rings (SSSR count). The van der Waals surface area contributed by atoms with Crippen LogP contribution in [0.25, 0.3) is 0 Å². The average Bonchev–Trinajstić information content (AvgIpc) is 2.01. The molecule has 0 saturated carbocycles. The lowest BCUT2D eigenvalue weighted by Gasteiger charge is -1.91. The molecule has 0 atom stereocenters. The maximum absolute atomic E-state index is 3.72. The van der Waals surface area contributed by atoms with Gasteiger partial charge >= 0.3 is 0 Å². The van der Waals surface area contributed by atoms with E-state index in [1.54, 1.807) is 0 Å². The molecule has 12 heavy (non-hydrogen) atoms. The van der Waals surface area contributed by atoms with Gasteiger partial charge < -0.3 is 0 Å². The number of allylic oxidation sites excluding steroid dienone is 1. The molecule has 60 valence electrons. The SMILES string of the molecule is C=C(C)C#Cc1cccc(C)c1. The van der Waals surface area contributed by atoms with Gasteiger partial charge in [-0.15, -0.1) is 0 Å². The minimum atomic E-state index is 0.900. The van der Waals surface area contributed by atoms with Gasteiger partial charge in [0.05, 0.1) is 0 Å². The molecule has 0 heterocycles. The van der Waals surface area contributed by atoms with E-state index in [9.17, 15) is 0 Å². The van der Waals surface area contributed by atoms with Gasteiger partial charge in [-0.2, -0.15) is 0 Å². The van der Waals surface area contributed by atoms with Crippen molar-refractivity contribution >= 4 is 0 Å². The highest BCUT2D eigenvalue weighted by Gasteiger charge is 1.85. The lowest BCUT2D eigenvalue weighted by molar-refractivity contribution is 1.45. The second kappa shape index (κ2) is 3.78. The fraction of sp³-hybridized carbons (Fsp3) is 0.167. The Kier molecular flexibility index (Phi) is 2.71. The number of hydrogen-bond acceptors (Lipinski definition) is 0. The number of hydrogen-bond donors (Lipinski definition) is 0. The van der Waals surface area contributed by atoms with Gasteiger partial charge in [-0.1, -0.05) is 30.6 Å². The van der Waals surface area contributed by atoms with Gasteiger partial charge in [0.15, 0.2) is 0 Å². The molecule has 0 unspecified atom stereocenters. The summed E-state index contributed by atoms with van der Waals surface area (Å²) in [6.07, 6.45) is 0. The Morgan fingerprint density at radius 2 is 2.17 bits per heavy atom. The Bertz CT molecular complexity index is 348. The van der Waals surface area contributed by atoms with E-state index in [2.05, 4.69) is 37.5 Å². The molecule has 0 aliphatic rings. The van der Waals surface area contributed by atoms with Crippen LogP contribution in [0.4, 0.5) is 0 Å². The Hall–Kier alpha value is -1.48. The summed E-state index contributed by atoms with van der Waals surface area (Å²) in [5.74, 6) is 5.98. The largest absolute Gasteiger partial charge is 0.0877 e. The van der Waals surface area contributed by atoms with Crippen molar-refractivity contribution in [3.63, 3.8) is 0 Å². The van der Waals surface area contributed by atoms with Crippen LogP contribution >= 0.6 is 0 Å². The van der Waals surface area contributed by atoms with E-state index in [0.29, 0.717) is 0 Å². The molecule has 0 aromatic heterocycles. The molecule has 0 heteroatoms. The van der Waals surface area contributed by atoms with Crippen LogP contribution in [0.5, 0.6) is 0 Å². The number of aryl methyl sites for hydroxylation is 1. The monoisotopic (exact) mass is 156 g/mol. The van der Waals surface area contributed by atoms with E-state index in [1.807, 2.05) is 19.1 Å².